The van der Waals surface area contributed by atoms with Crippen molar-refractivity contribution in [1.82, 2.24) is 10.5 Å². The van der Waals surface area contributed by atoms with Crippen LogP contribution in [0.15, 0.2) is 65.2 Å². The molecule has 0 saturated heterocycles. The summed E-state index contributed by atoms with van der Waals surface area (Å²) >= 11 is 0. The Kier molecular flexibility index (Phi) is 4.89. The Morgan fingerprint density at radius 2 is 1.68 bits per heavy atom. The molecule has 0 aliphatic heterocycles. The molecule has 2 amide bonds. The van der Waals surface area contributed by atoms with Crippen molar-refractivity contribution in [2.24, 2.45) is 0 Å². The Morgan fingerprint density at radius 1 is 1.00 bits per heavy atom. The number of carbonyl (C=O) groups is 2. The number of nitrogens with one attached hydrogen (secondary N) is 2. The second-order valence-electron chi connectivity index (χ2n) is 5.50. The molecule has 0 fully saturated rings. The first-order chi connectivity index (χ1) is 12.1. The van der Waals surface area contributed by atoms with Gasteiger partial charge in [0.05, 0.1) is 6.54 Å². The Hall–Kier alpha value is -3.41. The largest absolute Gasteiger partial charge is 0.360 e. The Bertz CT molecular complexity index is 870. The summed E-state index contributed by atoms with van der Waals surface area (Å²) in [4.78, 5) is 23.9. The third-order valence-corrected chi connectivity index (χ3v) is 3.56. The first kappa shape index (κ1) is 16.4. The van der Waals surface area contributed by atoms with E-state index in [1.54, 1.807) is 25.1 Å². The Morgan fingerprint density at radius 3 is 2.32 bits per heavy atom. The first-order valence-corrected chi connectivity index (χ1v) is 7.79. The van der Waals surface area contributed by atoms with Crippen molar-refractivity contribution in [3.8, 4) is 11.1 Å². The van der Waals surface area contributed by atoms with Crippen molar-refractivity contribution in [3.05, 3.63) is 72.0 Å². The van der Waals surface area contributed by atoms with E-state index >= 15 is 0 Å². The highest BCUT2D eigenvalue weighted by Crippen LogP contribution is 2.19. The van der Waals surface area contributed by atoms with E-state index in [1.807, 2.05) is 42.5 Å². The molecule has 6 nitrogen and oxygen atoms in total. The zero-order valence-electron chi connectivity index (χ0n) is 13.7. The normalized spacial score (nSPS) is 10.3. The van der Waals surface area contributed by atoms with E-state index in [0.29, 0.717) is 17.1 Å². The summed E-state index contributed by atoms with van der Waals surface area (Å²) in [5.41, 5.74) is 2.60. The summed E-state index contributed by atoms with van der Waals surface area (Å²) in [6.45, 7) is 1.58. The Labute approximate surface area is 144 Å². The van der Waals surface area contributed by atoms with Gasteiger partial charge in [0, 0.05) is 11.6 Å². The van der Waals surface area contributed by atoms with Gasteiger partial charge in [-0.1, -0.05) is 47.6 Å². The number of hydrogen-bond acceptors (Lipinski definition) is 4. The van der Waals surface area contributed by atoms with E-state index in [2.05, 4.69) is 15.8 Å². The number of rotatable bonds is 5. The van der Waals surface area contributed by atoms with Gasteiger partial charge in [0.2, 0.25) is 5.91 Å². The van der Waals surface area contributed by atoms with E-state index in [4.69, 9.17) is 4.52 Å². The Balaban J connectivity index is 1.55. The molecular formula is C19H17N3O3. The average molecular weight is 335 g/mol. The van der Waals surface area contributed by atoms with Crippen molar-refractivity contribution in [3.63, 3.8) is 0 Å². The summed E-state index contributed by atoms with van der Waals surface area (Å²) < 4.78 is 4.86. The molecule has 2 N–H and O–H groups in total. The smallest absolute Gasteiger partial charge is 0.251 e. The second kappa shape index (κ2) is 7.44. The van der Waals surface area contributed by atoms with Gasteiger partial charge in [-0.15, -0.1) is 0 Å². The van der Waals surface area contributed by atoms with Gasteiger partial charge in [0.1, 0.15) is 5.76 Å². The first-order valence-electron chi connectivity index (χ1n) is 7.79. The number of aryl methyl sites for hydroxylation is 1. The van der Waals surface area contributed by atoms with Crippen LogP contribution in [0.2, 0.25) is 0 Å². The van der Waals surface area contributed by atoms with Gasteiger partial charge in [0.15, 0.2) is 5.82 Å². The van der Waals surface area contributed by atoms with Crippen LogP contribution in [0.1, 0.15) is 16.1 Å². The van der Waals surface area contributed by atoms with Crippen LogP contribution < -0.4 is 10.6 Å². The van der Waals surface area contributed by atoms with Gasteiger partial charge in [0.25, 0.3) is 5.91 Å². The predicted molar refractivity (Wildman–Crippen MR) is 94.1 cm³/mol. The van der Waals surface area contributed by atoms with Crippen LogP contribution in [-0.4, -0.2) is 23.5 Å². The van der Waals surface area contributed by atoms with E-state index < -0.39 is 0 Å². The summed E-state index contributed by atoms with van der Waals surface area (Å²) in [6, 6.07) is 18.7. The number of aromatic nitrogens is 1. The molecule has 126 valence electrons. The molecule has 0 bridgehead atoms. The highest BCUT2D eigenvalue weighted by atomic mass is 16.5. The average Bonchev–Trinajstić information content (AvgIpc) is 3.05. The molecule has 1 heterocycles. The second-order valence-corrected chi connectivity index (χ2v) is 5.50. The van der Waals surface area contributed by atoms with Gasteiger partial charge in [-0.05, 0) is 30.2 Å². The molecule has 3 rings (SSSR count). The minimum atomic E-state index is -0.373. The van der Waals surface area contributed by atoms with E-state index in [9.17, 15) is 9.59 Å². The number of amides is 2. The minimum absolute atomic E-state index is 0.148. The lowest BCUT2D eigenvalue weighted by Gasteiger charge is -2.06. The zero-order valence-corrected chi connectivity index (χ0v) is 13.7. The maximum absolute atomic E-state index is 12.1. The van der Waals surface area contributed by atoms with E-state index in [1.165, 1.54) is 0 Å². The lowest BCUT2D eigenvalue weighted by atomic mass is 10.0. The van der Waals surface area contributed by atoms with E-state index in [-0.39, 0.29) is 18.4 Å². The highest BCUT2D eigenvalue weighted by Gasteiger charge is 2.10. The van der Waals surface area contributed by atoms with Crippen molar-refractivity contribution < 1.29 is 14.1 Å². The molecule has 0 radical (unpaired) electrons. The molecular weight excluding hydrogens is 318 g/mol. The van der Waals surface area contributed by atoms with Gasteiger partial charge < -0.3 is 15.2 Å². The fourth-order valence-electron chi connectivity index (χ4n) is 2.32. The van der Waals surface area contributed by atoms with Crippen LogP contribution in [0.25, 0.3) is 11.1 Å². The fraction of sp³-hybridized carbons (Fsp3) is 0.105. The van der Waals surface area contributed by atoms with Crippen LogP contribution in [-0.2, 0) is 4.79 Å². The van der Waals surface area contributed by atoms with Crippen LogP contribution in [0.4, 0.5) is 5.82 Å². The van der Waals surface area contributed by atoms with Gasteiger partial charge >= 0.3 is 0 Å². The monoisotopic (exact) mass is 335 g/mol. The summed E-state index contributed by atoms with van der Waals surface area (Å²) in [5, 5.41) is 8.78. The van der Waals surface area contributed by atoms with Crippen LogP contribution in [0.3, 0.4) is 0 Å². The summed E-state index contributed by atoms with van der Waals surface area (Å²) in [6.07, 6.45) is 0. The third-order valence-electron chi connectivity index (χ3n) is 3.56. The molecule has 0 atom stereocenters. The molecule has 0 aliphatic carbocycles. The number of anilines is 1. The quantitative estimate of drug-likeness (QED) is 0.751. The molecule has 0 aliphatic rings. The molecule has 3 aromatic rings. The molecule has 0 spiro atoms. The lowest BCUT2D eigenvalue weighted by Crippen LogP contribution is -2.32. The summed E-state index contributed by atoms with van der Waals surface area (Å²) in [7, 11) is 0. The fourth-order valence-corrected chi connectivity index (χ4v) is 2.32. The number of carbonyl (C=O) groups excluding carboxylic acids is 2. The predicted octanol–water partition coefficient (Wildman–Crippen LogP) is 3.02. The van der Waals surface area contributed by atoms with Gasteiger partial charge in [-0.3, -0.25) is 9.59 Å². The minimum Gasteiger partial charge on any atom is -0.360 e. The van der Waals surface area contributed by atoms with Crippen molar-refractivity contribution in [2.75, 3.05) is 11.9 Å². The SMILES string of the molecule is Cc1cc(NC(=O)CNC(=O)c2ccc(-c3ccccc3)cc2)no1. The highest BCUT2D eigenvalue weighted by molar-refractivity contribution is 5.99. The number of benzene rings is 2. The molecule has 2 aromatic carbocycles. The van der Waals surface area contributed by atoms with Crippen LogP contribution in [0, 0.1) is 6.92 Å². The number of hydrogen-bond donors (Lipinski definition) is 2. The van der Waals surface area contributed by atoms with Crippen LogP contribution in [0.5, 0.6) is 0 Å². The topological polar surface area (TPSA) is 84.2 Å². The van der Waals surface area contributed by atoms with Crippen molar-refractivity contribution in [1.29, 1.82) is 0 Å². The maximum atomic E-state index is 12.1. The zero-order chi connectivity index (χ0) is 17.6. The van der Waals surface area contributed by atoms with E-state index in [0.717, 1.165) is 11.1 Å². The molecule has 25 heavy (non-hydrogen) atoms. The molecule has 6 heteroatoms. The number of nitrogens with zero attached hydrogens (tertiary/aromatic N) is 1. The lowest BCUT2D eigenvalue weighted by molar-refractivity contribution is -0.115. The third kappa shape index (κ3) is 4.32. The molecule has 0 unspecified atom stereocenters. The molecule has 0 saturated carbocycles. The van der Waals surface area contributed by atoms with Crippen molar-refractivity contribution in [2.45, 2.75) is 6.92 Å². The van der Waals surface area contributed by atoms with Gasteiger partial charge in [-0.2, -0.15) is 0 Å². The van der Waals surface area contributed by atoms with Crippen molar-refractivity contribution >= 4 is 17.6 Å². The molecule has 1 aromatic heterocycles. The maximum Gasteiger partial charge on any atom is 0.251 e. The summed E-state index contributed by atoms with van der Waals surface area (Å²) in [5.74, 6) is 0.232. The standard InChI is InChI=1S/C19H17N3O3/c1-13-11-17(22-25-13)21-18(23)12-20-19(24)16-9-7-15(8-10-16)14-5-3-2-4-6-14/h2-11H,12H2,1H3,(H,20,24)(H,21,22,23). The van der Waals surface area contributed by atoms with Gasteiger partial charge in [-0.25, -0.2) is 0 Å². The van der Waals surface area contributed by atoms with Crippen LogP contribution >= 0.6 is 0 Å².